The molecule has 2 heterocycles. The highest BCUT2D eigenvalue weighted by atomic mass is 16.5. The van der Waals surface area contributed by atoms with Crippen molar-refractivity contribution in [3.05, 3.63) is 24.0 Å². The minimum Gasteiger partial charge on any atom is -0.369 e. The number of aryl methyl sites for hydroxylation is 1. The normalized spacial score (nSPS) is 10.4. The SMILES string of the molecule is CCCNc1ncc(C)c(NCCc2ncon2)n1. The highest BCUT2D eigenvalue weighted by Gasteiger charge is 2.04. The predicted octanol–water partition coefficient (Wildman–Crippen LogP) is 1.64. The van der Waals surface area contributed by atoms with Crippen LogP contribution in [0.5, 0.6) is 0 Å². The van der Waals surface area contributed by atoms with Gasteiger partial charge in [0.2, 0.25) is 12.3 Å². The van der Waals surface area contributed by atoms with Crippen LogP contribution in [-0.4, -0.2) is 33.2 Å². The third-order valence-corrected chi connectivity index (χ3v) is 2.55. The molecular formula is C12H18N6O. The average molecular weight is 262 g/mol. The Bertz CT molecular complexity index is 499. The Kier molecular flexibility index (Phi) is 4.66. The molecule has 102 valence electrons. The van der Waals surface area contributed by atoms with Gasteiger partial charge in [0.15, 0.2) is 5.82 Å². The van der Waals surface area contributed by atoms with Gasteiger partial charge in [-0.1, -0.05) is 12.1 Å². The Morgan fingerprint density at radius 2 is 2.11 bits per heavy atom. The number of nitrogens with one attached hydrogen (secondary N) is 2. The molecule has 0 bridgehead atoms. The molecule has 0 atom stereocenters. The summed E-state index contributed by atoms with van der Waals surface area (Å²) in [5.41, 5.74) is 1.01. The molecule has 2 aromatic rings. The lowest BCUT2D eigenvalue weighted by Crippen LogP contribution is -2.11. The molecule has 0 radical (unpaired) electrons. The minimum atomic E-state index is 0.648. The zero-order chi connectivity index (χ0) is 13.5. The number of hydrogen-bond acceptors (Lipinski definition) is 7. The second-order valence-corrected chi connectivity index (χ2v) is 4.18. The fourth-order valence-corrected chi connectivity index (χ4v) is 1.54. The largest absolute Gasteiger partial charge is 0.369 e. The van der Waals surface area contributed by atoms with Gasteiger partial charge in [0.1, 0.15) is 5.82 Å². The maximum atomic E-state index is 4.68. The molecule has 0 fully saturated rings. The lowest BCUT2D eigenvalue weighted by molar-refractivity contribution is 0.410. The van der Waals surface area contributed by atoms with Gasteiger partial charge in [-0.2, -0.15) is 9.97 Å². The van der Waals surface area contributed by atoms with Gasteiger partial charge in [-0.25, -0.2) is 4.98 Å². The van der Waals surface area contributed by atoms with E-state index < -0.39 is 0 Å². The van der Waals surface area contributed by atoms with Gasteiger partial charge >= 0.3 is 0 Å². The molecular weight excluding hydrogens is 244 g/mol. The maximum absolute atomic E-state index is 4.68. The number of aromatic nitrogens is 4. The van der Waals surface area contributed by atoms with Crippen molar-refractivity contribution >= 4 is 11.8 Å². The summed E-state index contributed by atoms with van der Waals surface area (Å²) in [6, 6.07) is 0. The van der Waals surface area contributed by atoms with Crippen molar-refractivity contribution in [1.82, 2.24) is 20.1 Å². The van der Waals surface area contributed by atoms with Crippen molar-refractivity contribution in [2.75, 3.05) is 23.7 Å². The van der Waals surface area contributed by atoms with E-state index in [-0.39, 0.29) is 0 Å². The molecule has 2 N–H and O–H groups in total. The van der Waals surface area contributed by atoms with Crippen LogP contribution in [-0.2, 0) is 6.42 Å². The van der Waals surface area contributed by atoms with E-state index >= 15 is 0 Å². The van der Waals surface area contributed by atoms with Gasteiger partial charge in [0, 0.05) is 31.3 Å². The molecule has 0 saturated heterocycles. The Hall–Kier alpha value is -2.18. The predicted molar refractivity (Wildman–Crippen MR) is 72.0 cm³/mol. The van der Waals surface area contributed by atoms with Gasteiger partial charge in [0.25, 0.3) is 0 Å². The topological polar surface area (TPSA) is 88.8 Å². The summed E-state index contributed by atoms with van der Waals surface area (Å²) in [5.74, 6) is 2.16. The molecule has 0 aliphatic carbocycles. The van der Waals surface area contributed by atoms with Crippen LogP contribution in [0.3, 0.4) is 0 Å². The molecule has 19 heavy (non-hydrogen) atoms. The van der Waals surface area contributed by atoms with Gasteiger partial charge in [0.05, 0.1) is 0 Å². The van der Waals surface area contributed by atoms with Crippen molar-refractivity contribution in [2.24, 2.45) is 0 Å². The van der Waals surface area contributed by atoms with E-state index in [1.165, 1.54) is 6.39 Å². The quantitative estimate of drug-likeness (QED) is 0.784. The van der Waals surface area contributed by atoms with E-state index in [2.05, 4.69) is 42.2 Å². The summed E-state index contributed by atoms with van der Waals surface area (Å²) >= 11 is 0. The standard InChI is InChI=1S/C12H18N6O/c1-3-5-14-12-15-7-9(2)11(17-12)13-6-4-10-16-8-19-18-10/h7-8H,3-6H2,1-2H3,(H2,13,14,15,17). The van der Waals surface area contributed by atoms with E-state index in [1.807, 2.05) is 13.1 Å². The van der Waals surface area contributed by atoms with Gasteiger partial charge < -0.3 is 15.2 Å². The smallest absolute Gasteiger partial charge is 0.224 e. The fraction of sp³-hybridized carbons (Fsp3) is 0.500. The van der Waals surface area contributed by atoms with E-state index in [9.17, 15) is 0 Å². The number of anilines is 2. The van der Waals surface area contributed by atoms with Crippen LogP contribution in [0, 0.1) is 6.92 Å². The summed E-state index contributed by atoms with van der Waals surface area (Å²) in [4.78, 5) is 12.6. The summed E-state index contributed by atoms with van der Waals surface area (Å²) in [7, 11) is 0. The van der Waals surface area contributed by atoms with E-state index in [1.54, 1.807) is 0 Å². The Labute approximate surface area is 111 Å². The molecule has 2 aromatic heterocycles. The highest BCUT2D eigenvalue weighted by molar-refractivity contribution is 5.46. The van der Waals surface area contributed by atoms with E-state index in [0.717, 1.165) is 24.3 Å². The first kappa shape index (κ1) is 13.3. The highest BCUT2D eigenvalue weighted by Crippen LogP contribution is 2.12. The van der Waals surface area contributed by atoms with Crippen LogP contribution < -0.4 is 10.6 Å². The number of hydrogen-bond donors (Lipinski definition) is 2. The number of nitrogens with zero attached hydrogens (tertiary/aromatic N) is 4. The zero-order valence-corrected chi connectivity index (χ0v) is 11.2. The Balaban J connectivity index is 1.90. The van der Waals surface area contributed by atoms with E-state index in [0.29, 0.717) is 24.7 Å². The second kappa shape index (κ2) is 6.67. The van der Waals surface area contributed by atoms with Crippen molar-refractivity contribution in [3.63, 3.8) is 0 Å². The van der Waals surface area contributed by atoms with Crippen molar-refractivity contribution in [3.8, 4) is 0 Å². The lowest BCUT2D eigenvalue weighted by Gasteiger charge is -2.09. The molecule has 0 aliphatic rings. The van der Waals surface area contributed by atoms with Gasteiger partial charge in [-0.05, 0) is 13.3 Å². The van der Waals surface area contributed by atoms with Crippen molar-refractivity contribution < 1.29 is 4.52 Å². The van der Waals surface area contributed by atoms with Crippen LogP contribution in [0.2, 0.25) is 0 Å². The van der Waals surface area contributed by atoms with Gasteiger partial charge in [-0.3, -0.25) is 0 Å². The lowest BCUT2D eigenvalue weighted by atomic mass is 10.3. The molecule has 2 rings (SSSR count). The third kappa shape index (κ3) is 3.90. The molecule has 0 amide bonds. The molecule has 0 spiro atoms. The first-order chi connectivity index (χ1) is 9.29. The minimum absolute atomic E-state index is 0.648. The number of rotatable bonds is 7. The molecule has 0 saturated carbocycles. The Morgan fingerprint density at radius 3 is 2.84 bits per heavy atom. The van der Waals surface area contributed by atoms with E-state index in [4.69, 9.17) is 0 Å². The summed E-state index contributed by atoms with van der Waals surface area (Å²) in [6.07, 6.45) is 4.87. The molecule has 0 aliphatic heterocycles. The van der Waals surface area contributed by atoms with Crippen LogP contribution in [0.25, 0.3) is 0 Å². The van der Waals surface area contributed by atoms with Crippen LogP contribution in [0.4, 0.5) is 11.8 Å². The first-order valence-corrected chi connectivity index (χ1v) is 6.36. The maximum Gasteiger partial charge on any atom is 0.224 e. The molecule has 0 unspecified atom stereocenters. The van der Waals surface area contributed by atoms with Crippen LogP contribution in [0.1, 0.15) is 24.7 Å². The molecule has 0 aromatic carbocycles. The van der Waals surface area contributed by atoms with Crippen LogP contribution in [0.15, 0.2) is 17.1 Å². The first-order valence-electron chi connectivity index (χ1n) is 6.36. The Morgan fingerprint density at radius 1 is 1.21 bits per heavy atom. The van der Waals surface area contributed by atoms with Crippen LogP contribution >= 0.6 is 0 Å². The monoisotopic (exact) mass is 262 g/mol. The fourth-order valence-electron chi connectivity index (χ4n) is 1.54. The molecule has 7 nitrogen and oxygen atoms in total. The summed E-state index contributed by atoms with van der Waals surface area (Å²) < 4.78 is 4.68. The second-order valence-electron chi connectivity index (χ2n) is 4.18. The van der Waals surface area contributed by atoms with Crippen molar-refractivity contribution in [2.45, 2.75) is 26.7 Å². The summed E-state index contributed by atoms with van der Waals surface area (Å²) in [5, 5.41) is 10.2. The molecule has 7 heteroatoms. The van der Waals surface area contributed by atoms with Crippen molar-refractivity contribution in [1.29, 1.82) is 0 Å². The average Bonchev–Trinajstić information content (AvgIpc) is 2.92. The zero-order valence-electron chi connectivity index (χ0n) is 11.2. The summed E-state index contributed by atoms with van der Waals surface area (Å²) in [6.45, 7) is 5.64. The van der Waals surface area contributed by atoms with Gasteiger partial charge in [-0.15, -0.1) is 0 Å². The third-order valence-electron chi connectivity index (χ3n) is 2.55.